The molecular formula is C11H16O3S2. The molecule has 90 valence electrons. The minimum atomic E-state index is 0.287. The number of methoxy groups -OCH3 is 1. The zero-order chi connectivity index (χ0) is 11.2. The molecule has 5 heteroatoms. The molecule has 0 saturated heterocycles. The molecule has 16 heavy (non-hydrogen) atoms. The van der Waals surface area contributed by atoms with Crippen LogP contribution in [-0.2, 0) is 20.6 Å². The van der Waals surface area contributed by atoms with Crippen LogP contribution in [0.3, 0.4) is 0 Å². The molecule has 1 aromatic rings. The van der Waals surface area contributed by atoms with Crippen LogP contribution >= 0.6 is 23.1 Å². The van der Waals surface area contributed by atoms with Gasteiger partial charge in [-0.2, -0.15) is 0 Å². The highest BCUT2D eigenvalue weighted by Gasteiger charge is 2.20. The molecule has 0 bridgehead atoms. The summed E-state index contributed by atoms with van der Waals surface area (Å²) in [5.41, 5.74) is 1.42. The van der Waals surface area contributed by atoms with Gasteiger partial charge in [0.15, 0.2) is 0 Å². The average Bonchev–Trinajstić information content (AvgIpc) is 2.76. The van der Waals surface area contributed by atoms with E-state index >= 15 is 0 Å². The summed E-state index contributed by atoms with van der Waals surface area (Å²) >= 11 is 3.71. The summed E-state index contributed by atoms with van der Waals surface area (Å²) in [5.74, 6) is 1.03. The van der Waals surface area contributed by atoms with E-state index in [1.165, 1.54) is 9.77 Å². The van der Waals surface area contributed by atoms with Crippen molar-refractivity contribution in [3.63, 3.8) is 0 Å². The maximum atomic E-state index is 5.66. The van der Waals surface area contributed by atoms with Crippen LogP contribution in [0.1, 0.15) is 5.56 Å². The predicted octanol–water partition coefficient (Wildman–Crippen LogP) is 2.40. The molecular weight excluding hydrogens is 244 g/mol. The van der Waals surface area contributed by atoms with Gasteiger partial charge in [-0.3, -0.25) is 0 Å². The van der Waals surface area contributed by atoms with Gasteiger partial charge in [0, 0.05) is 19.3 Å². The van der Waals surface area contributed by atoms with Crippen LogP contribution in [0.15, 0.2) is 15.7 Å². The molecule has 0 spiro atoms. The molecule has 3 nitrogen and oxygen atoms in total. The highest BCUT2D eigenvalue weighted by Crippen LogP contribution is 2.35. The Morgan fingerprint density at radius 2 is 2.38 bits per heavy atom. The number of hydrogen-bond acceptors (Lipinski definition) is 5. The minimum Gasteiger partial charge on any atom is -0.382 e. The first-order valence-electron chi connectivity index (χ1n) is 5.27. The van der Waals surface area contributed by atoms with Crippen LogP contribution in [0, 0.1) is 0 Å². The van der Waals surface area contributed by atoms with Gasteiger partial charge in [0.05, 0.1) is 23.5 Å². The van der Waals surface area contributed by atoms with Crippen molar-refractivity contribution in [2.24, 2.45) is 0 Å². The maximum Gasteiger partial charge on any atom is 0.147 e. The van der Waals surface area contributed by atoms with Gasteiger partial charge < -0.3 is 14.2 Å². The van der Waals surface area contributed by atoms with Crippen molar-refractivity contribution in [2.45, 2.75) is 16.7 Å². The quantitative estimate of drug-likeness (QED) is 0.580. The second-order valence-electron chi connectivity index (χ2n) is 3.56. The first kappa shape index (κ1) is 12.4. The summed E-state index contributed by atoms with van der Waals surface area (Å²) < 4.78 is 17.3. The van der Waals surface area contributed by atoms with E-state index in [2.05, 4.69) is 11.4 Å². The van der Waals surface area contributed by atoms with E-state index in [0.717, 1.165) is 12.2 Å². The first-order valence-corrected chi connectivity index (χ1v) is 7.14. The van der Waals surface area contributed by atoms with Crippen molar-refractivity contribution < 1.29 is 14.2 Å². The molecule has 0 aromatic carbocycles. The standard InChI is InChI=1S/C11H16O3S2/c1-12-3-4-13-8-14-10-6-9-2-5-15-11(9)16-7-10/h2,5,10H,3-4,6-8H2,1H3. The molecule has 0 saturated carbocycles. The van der Waals surface area contributed by atoms with E-state index in [4.69, 9.17) is 14.2 Å². The smallest absolute Gasteiger partial charge is 0.147 e. The summed E-state index contributed by atoms with van der Waals surface area (Å²) in [6.45, 7) is 1.59. The fourth-order valence-electron chi connectivity index (χ4n) is 1.53. The summed E-state index contributed by atoms with van der Waals surface area (Å²) in [6, 6.07) is 2.19. The maximum absolute atomic E-state index is 5.66. The predicted molar refractivity (Wildman–Crippen MR) is 66.3 cm³/mol. The molecule has 1 aliphatic heterocycles. The Morgan fingerprint density at radius 1 is 1.44 bits per heavy atom. The van der Waals surface area contributed by atoms with Gasteiger partial charge in [-0.25, -0.2) is 0 Å². The number of thiophene rings is 1. The minimum absolute atomic E-state index is 0.287. The van der Waals surface area contributed by atoms with Crippen molar-refractivity contribution >= 4 is 23.1 Å². The Bertz CT molecular complexity index is 314. The van der Waals surface area contributed by atoms with Gasteiger partial charge in [-0.05, 0) is 17.0 Å². The summed E-state index contributed by atoms with van der Waals surface area (Å²) in [6.07, 6.45) is 1.30. The molecule has 0 radical (unpaired) electrons. The number of ether oxygens (including phenoxy) is 3. The first-order chi connectivity index (χ1) is 7.90. The number of hydrogen-bond donors (Lipinski definition) is 0. The van der Waals surface area contributed by atoms with Gasteiger partial charge in [0.2, 0.25) is 0 Å². The second-order valence-corrected chi connectivity index (χ2v) is 5.76. The van der Waals surface area contributed by atoms with Gasteiger partial charge in [0.1, 0.15) is 6.79 Å². The highest BCUT2D eigenvalue weighted by atomic mass is 32.2. The monoisotopic (exact) mass is 260 g/mol. The van der Waals surface area contributed by atoms with Crippen LogP contribution in [0.5, 0.6) is 0 Å². The van der Waals surface area contributed by atoms with E-state index in [1.807, 2.05) is 23.1 Å². The van der Waals surface area contributed by atoms with Gasteiger partial charge in [0.25, 0.3) is 0 Å². The molecule has 0 fully saturated rings. The zero-order valence-electron chi connectivity index (χ0n) is 9.31. The highest BCUT2D eigenvalue weighted by molar-refractivity contribution is 8.01. The van der Waals surface area contributed by atoms with Crippen molar-refractivity contribution in [3.8, 4) is 0 Å². The molecule has 1 atom stereocenters. The van der Waals surface area contributed by atoms with Crippen molar-refractivity contribution in [1.82, 2.24) is 0 Å². The number of rotatable bonds is 6. The largest absolute Gasteiger partial charge is 0.382 e. The van der Waals surface area contributed by atoms with E-state index in [9.17, 15) is 0 Å². The van der Waals surface area contributed by atoms with Crippen LogP contribution in [0.25, 0.3) is 0 Å². The topological polar surface area (TPSA) is 27.7 Å². The van der Waals surface area contributed by atoms with E-state index in [-0.39, 0.29) is 6.10 Å². The Hall–Kier alpha value is -0.0700. The second kappa shape index (κ2) is 6.61. The van der Waals surface area contributed by atoms with Crippen LogP contribution in [0.2, 0.25) is 0 Å². The molecule has 2 rings (SSSR count). The number of fused-ring (bicyclic) bond motifs is 1. The molecule has 2 heterocycles. The zero-order valence-corrected chi connectivity index (χ0v) is 10.9. The molecule has 0 amide bonds. The van der Waals surface area contributed by atoms with Crippen LogP contribution in [-0.4, -0.2) is 39.0 Å². The lowest BCUT2D eigenvalue weighted by atomic mass is 10.1. The van der Waals surface area contributed by atoms with Gasteiger partial charge >= 0.3 is 0 Å². The Morgan fingerprint density at radius 3 is 3.25 bits per heavy atom. The lowest BCUT2D eigenvalue weighted by Gasteiger charge is -2.21. The lowest BCUT2D eigenvalue weighted by molar-refractivity contribution is -0.0910. The molecule has 0 aliphatic carbocycles. The van der Waals surface area contributed by atoms with Crippen molar-refractivity contribution in [1.29, 1.82) is 0 Å². The SMILES string of the molecule is COCCOCOC1CSc2sccc2C1. The van der Waals surface area contributed by atoms with Crippen molar-refractivity contribution in [3.05, 3.63) is 17.0 Å². The fraction of sp³-hybridized carbons (Fsp3) is 0.636. The summed E-state index contributed by atoms with van der Waals surface area (Å²) in [5, 5.41) is 2.15. The lowest BCUT2D eigenvalue weighted by Crippen LogP contribution is -2.23. The Labute approximate surface area is 104 Å². The summed E-state index contributed by atoms with van der Waals surface area (Å²) in [7, 11) is 1.67. The molecule has 1 unspecified atom stereocenters. The Kier molecular flexibility index (Phi) is 5.12. The molecule has 1 aromatic heterocycles. The van der Waals surface area contributed by atoms with E-state index in [0.29, 0.717) is 20.0 Å². The van der Waals surface area contributed by atoms with Gasteiger partial charge in [-0.15, -0.1) is 23.1 Å². The third-order valence-corrected chi connectivity index (χ3v) is 4.83. The third kappa shape index (κ3) is 3.46. The summed E-state index contributed by atoms with van der Waals surface area (Å²) in [4.78, 5) is 0. The number of thioether (sulfide) groups is 1. The average molecular weight is 260 g/mol. The van der Waals surface area contributed by atoms with Crippen LogP contribution < -0.4 is 0 Å². The van der Waals surface area contributed by atoms with Crippen LogP contribution in [0.4, 0.5) is 0 Å². The fourth-order valence-corrected chi connectivity index (χ4v) is 3.71. The van der Waals surface area contributed by atoms with Gasteiger partial charge in [-0.1, -0.05) is 0 Å². The molecule has 1 aliphatic rings. The van der Waals surface area contributed by atoms with E-state index < -0.39 is 0 Å². The Balaban J connectivity index is 1.65. The van der Waals surface area contributed by atoms with Crippen molar-refractivity contribution in [2.75, 3.05) is 32.9 Å². The van der Waals surface area contributed by atoms with E-state index in [1.54, 1.807) is 7.11 Å². The molecule has 0 N–H and O–H groups in total. The third-order valence-electron chi connectivity index (χ3n) is 2.37. The normalized spacial score (nSPS) is 19.7.